The minimum atomic E-state index is -0.175. The van der Waals surface area contributed by atoms with E-state index in [2.05, 4.69) is 32.9 Å². The van der Waals surface area contributed by atoms with Gasteiger partial charge in [-0.15, -0.1) is 0 Å². The minimum absolute atomic E-state index is 0.175. The zero-order chi connectivity index (χ0) is 12.4. The largest absolute Gasteiger partial charge is 0.207 e. The molecule has 0 unspecified atom stereocenters. The van der Waals surface area contributed by atoms with Crippen molar-refractivity contribution >= 4 is 0 Å². The second kappa shape index (κ2) is 4.70. The molecule has 0 saturated carbocycles. The molecule has 2 rings (SSSR count). The molecule has 0 aliphatic rings. The van der Waals surface area contributed by atoms with Crippen LogP contribution >= 0.6 is 0 Å². The summed E-state index contributed by atoms with van der Waals surface area (Å²) >= 11 is 0. The third kappa shape index (κ3) is 2.73. The summed E-state index contributed by atoms with van der Waals surface area (Å²) in [4.78, 5) is 0. The maximum atomic E-state index is 12.8. The van der Waals surface area contributed by atoms with Crippen LogP contribution in [0.4, 0.5) is 4.39 Å². The van der Waals surface area contributed by atoms with E-state index in [1.807, 2.05) is 12.1 Å². The fourth-order valence-electron chi connectivity index (χ4n) is 2.30. The van der Waals surface area contributed by atoms with Gasteiger partial charge in [-0.1, -0.05) is 29.8 Å². The summed E-state index contributed by atoms with van der Waals surface area (Å²) in [6.45, 7) is 6.39. The van der Waals surface area contributed by atoms with Crippen LogP contribution in [0.5, 0.6) is 0 Å². The summed E-state index contributed by atoms with van der Waals surface area (Å²) in [6, 6.07) is 11.2. The summed E-state index contributed by atoms with van der Waals surface area (Å²) in [5, 5.41) is 0. The normalized spacial score (nSPS) is 10.6. The molecule has 0 amide bonds. The average molecular weight is 228 g/mol. The van der Waals surface area contributed by atoms with Crippen molar-refractivity contribution in [2.75, 3.05) is 0 Å². The molecule has 2 aromatic rings. The molecule has 2 aromatic carbocycles. The Morgan fingerprint density at radius 1 is 0.882 bits per heavy atom. The number of hydrogen-bond acceptors (Lipinski definition) is 0. The minimum Gasteiger partial charge on any atom is -0.207 e. The highest BCUT2D eigenvalue weighted by Crippen LogP contribution is 2.20. The van der Waals surface area contributed by atoms with Crippen LogP contribution in [-0.2, 0) is 6.42 Å². The standard InChI is InChI=1S/C16H17F/c1-11-8-12(2)16(13(3)9-11)10-14-4-6-15(17)7-5-14/h4-9H,10H2,1-3H3. The quantitative estimate of drug-likeness (QED) is 0.717. The van der Waals surface area contributed by atoms with Gasteiger partial charge in [-0.3, -0.25) is 0 Å². The Labute approximate surface area is 102 Å². The van der Waals surface area contributed by atoms with E-state index in [-0.39, 0.29) is 5.82 Å². The molecule has 0 radical (unpaired) electrons. The van der Waals surface area contributed by atoms with Crippen molar-refractivity contribution in [2.45, 2.75) is 27.2 Å². The van der Waals surface area contributed by atoms with Crippen LogP contribution in [0.1, 0.15) is 27.8 Å². The summed E-state index contributed by atoms with van der Waals surface area (Å²) in [5.74, 6) is -0.175. The first-order chi connectivity index (χ1) is 8.06. The van der Waals surface area contributed by atoms with Gasteiger partial charge in [-0.05, 0) is 61.6 Å². The van der Waals surface area contributed by atoms with Crippen LogP contribution < -0.4 is 0 Å². The Morgan fingerprint density at radius 2 is 1.41 bits per heavy atom. The van der Waals surface area contributed by atoms with E-state index in [9.17, 15) is 4.39 Å². The average Bonchev–Trinajstić information content (AvgIpc) is 2.26. The van der Waals surface area contributed by atoms with Crippen molar-refractivity contribution in [3.05, 3.63) is 70.0 Å². The van der Waals surface area contributed by atoms with Crippen LogP contribution in [0.15, 0.2) is 36.4 Å². The predicted octanol–water partition coefficient (Wildman–Crippen LogP) is 4.34. The van der Waals surface area contributed by atoms with Crippen LogP contribution in [-0.4, -0.2) is 0 Å². The number of hydrogen-bond donors (Lipinski definition) is 0. The molecular formula is C16H17F. The molecule has 0 nitrogen and oxygen atoms in total. The van der Waals surface area contributed by atoms with E-state index in [0.29, 0.717) is 0 Å². The van der Waals surface area contributed by atoms with Gasteiger partial charge in [0.2, 0.25) is 0 Å². The number of benzene rings is 2. The highest BCUT2D eigenvalue weighted by molar-refractivity contribution is 5.40. The molecule has 0 spiro atoms. The van der Waals surface area contributed by atoms with Gasteiger partial charge in [0.25, 0.3) is 0 Å². The third-order valence-corrected chi connectivity index (χ3v) is 3.13. The van der Waals surface area contributed by atoms with E-state index in [0.717, 1.165) is 12.0 Å². The summed E-state index contributed by atoms with van der Waals surface area (Å²) in [5.41, 5.74) is 6.42. The number of rotatable bonds is 2. The van der Waals surface area contributed by atoms with Crippen molar-refractivity contribution in [2.24, 2.45) is 0 Å². The van der Waals surface area contributed by atoms with Crippen LogP contribution in [0.3, 0.4) is 0 Å². The second-order valence-electron chi connectivity index (χ2n) is 4.68. The zero-order valence-electron chi connectivity index (χ0n) is 10.5. The summed E-state index contributed by atoms with van der Waals surface area (Å²) in [7, 11) is 0. The molecule has 0 aliphatic heterocycles. The van der Waals surface area contributed by atoms with E-state index in [1.54, 1.807) is 0 Å². The number of aryl methyl sites for hydroxylation is 3. The molecule has 1 heteroatoms. The van der Waals surface area contributed by atoms with Gasteiger partial charge in [0, 0.05) is 0 Å². The SMILES string of the molecule is Cc1cc(C)c(Cc2ccc(F)cc2)c(C)c1. The molecule has 0 aliphatic carbocycles. The summed E-state index contributed by atoms with van der Waals surface area (Å²) < 4.78 is 12.8. The first kappa shape index (κ1) is 11.8. The van der Waals surface area contributed by atoms with Gasteiger partial charge in [0.15, 0.2) is 0 Å². The lowest BCUT2D eigenvalue weighted by Gasteiger charge is -2.11. The highest BCUT2D eigenvalue weighted by atomic mass is 19.1. The third-order valence-electron chi connectivity index (χ3n) is 3.13. The van der Waals surface area contributed by atoms with E-state index in [1.165, 1.54) is 34.4 Å². The van der Waals surface area contributed by atoms with E-state index < -0.39 is 0 Å². The van der Waals surface area contributed by atoms with Crippen molar-refractivity contribution in [3.8, 4) is 0 Å². The van der Waals surface area contributed by atoms with Crippen molar-refractivity contribution in [1.29, 1.82) is 0 Å². The topological polar surface area (TPSA) is 0 Å². The molecule has 88 valence electrons. The van der Waals surface area contributed by atoms with Gasteiger partial charge in [0.05, 0.1) is 0 Å². The maximum Gasteiger partial charge on any atom is 0.123 e. The lowest BCUT2D eigenvalue weighted by Crippen LogP contribution is -1.96. The van der Waals surface area contributed by atoms with E-state index >= 15 is 0 Å². The van der Waals surface area contributed by atoms with Gasteiger partial charge in [-0.2, -0.15) is 0 Å². The first-order valence-corrected chi connectivity index (χ1v) is 5.87. The zero-order valence-corrected chi connectivity index (χ0v) is 10.5. The first-order valence-electron chi connectivity index (χ1n) is 5.87. The fourth-order valence-corrected chi connectivity index (χ4v) is 2.30. The Hall–Kier alpha value is -1.63. The second-order valence-corrected chi connectivity index (χ2v) is 4.68. The molecule has 0 fully saturated rings. The Morgan fingerprint density at radius 3 is 1.94 bits per heavy atom. The van der Waals surface area contributed by atoms with Gasteiger partial charge in [-0.25, -0.2) is 4.39 Å². The lowest BCUT2D eigenvalue weighted by atomic mass is 9.94. The Bertz CT molecular complexity index is 501. The molecule has 0 saturated heterocycles. The fraction of sp³-hybridized carbons (Fsp3) is 0.250. The number of halogens is 1. The lowest BCUT2D eigenvalue weighted by molar-refractivity contribution is 0.627. The predicted molar refractivity (Wildman–Crippen MR) is 69.9 cm³/mol. The molecule has 0 atom stereocenters. The van der Waals surface area contributed by atoms with Crippen LogP contribution in [0.25, 0.3) is 0 Å². The smallest absolute Gasteiger partial charge is 0.123 e. The van der Waals surface area contributed by atoms with Crippen molar-refractivity contribution in [3.63, 3.8) is 0 Å². The van der Waals surface area contributed by atoms with E-state index in [4.69, 9.17) is 0 Å². The molecule has 0 heterocycles. The maximum absolute atomic E-state index is 12.8. The highest BCUT2D eigenvalue weighted by Gasteiger charge is 2.05. The van der Waals surface area contributed by atoms with Gasteiger partial charge in [0.1, 0.15) is 5.82 Å². The Kier molecular flexibility index (Phi) is 3.28. The molecule has 17 heavy (non-hydrogen) atoms. The summed E-state index contributed by atoms with van der Waals surface area (Å²) in [6.07, 6.45) is 0.873. The van der Waals surface area contributed by atoms with Gasteiger partial charge >= 0.3 is 0 Å². The Balaban J connectivity index is 2.33. The molecule has 0 aromatic heterocycles. The monoisotopic (exact) mass is 228 g/mol. The van der Waals surface area contributed by atoms with Crippen LogP contribution in [0, 0.1) is 26.6 Å². The molecular weight excluding hydrogens is 211 g/mol. The molecule has 0 bridgehead atoms. The van der Waals surface area contributed by atoms with Crippen LogP contribution in [0.2, 0.25) is 0 Å². The van der Waals surface area contributed by atoms with Crippen molar-refractivity contribution in [1.82, 2.24) is 0 Å². The van der Waals surface area contributed by atoms with Crippen molar-refractivity contribution < 1.29 is 4.39 Å². The molecule has 0 N–H and O–H groups in total. The van der Waals surface area contributed by atoms with Gasteiger partial charge < -0.3 is 0 Å².